The topological polar surface area (TPSA) is 91.7 Å². The van der Waals surface area contributed by atoms with E-state index in [1.54, 1.807) is 42.6 Å². The number of thiophene rings is 1. The molecule has 35 heavy (non-hydrogen) atoms. The van der Waals surface area contributed by atoms with E-state index in [9.17, 15) is 18.8 Å². The lowest BCUT2D eigenvalue weighted by atomic mass is 9.95. The molecule has 1 atom stereocenters. The molecule has 2 N–H and O–H groups in total. The number of anilines is 1. The van der Waals surface area contributed by atoms with E-state index in [0.29, 0.717) is 10.6 Å². The zero-order chi connectivity index (χ0) is 24.8. The Kier molecular flexibility index (Phi) is 7.97. The van der Waals surface area contributed by atoms with Crippen molar-refractivity contribution in [2.24, 2.45) is 0 Å². The number of hydrogen-bond acceptors (Lipinski definition) is 5. The predicted octanol–water partition coefficient (Wildman–Crippen LogP) is 4.74. The molecule has 0 saturated heterocycles. The minimum absolute atomic E-state index is 0.00204. The smallest absolute Gasteiger partial charge is 0.261 e. The van der Waals surface area contributed by atoms with Crippen molar-refractivity contribution >= 4 is 34.7 Å². The van der Waals surface area contributed by atoms with Gasteiger partial charge in [-0.1, -0.05) is 31.4 Å². The highest BCUT2D eigenvalue weighted by atomic mass is 32.1. The molecule has 1 aliphatic carbocycles. The number of amides is 3. The van der Waals surface area contributed by atoms with Gasteiger partial charge in [-0.05, 0) is 61.5 Å². The van der Waals surface area contributed by atoms with Gasteiger partial charge in [0.2, 0.25) is 5.91 Å². The molecule has 0 aliphatic heterocycles. The number of carbonyl (C=O) groups excluding carboxylic acids is 3. The summed E-state index contributed by atoms with van der Waals surface area (Å²) >= 11 is 1.25. The Bertz CT molecular complexity index is 1170. The summed E-state index contributed by atoms with van der Waals surface area (Å²) in [4.78, 5) is 41.2. The number of benzene rings is 1. The maximum Gasteiger partial charge on any atom is 0.261 e. The Morgan fingerprint density at radius 3 is 2.57 bits per heavy atom. The molecule has 0 bridgehead atoms. The van der Waals surface area contributed by atoms with Crippen LogP contribution in [0, 0.1) is 12.7 Å². The van der Waals surface area contributed by atoms with Gasteiger partial charge < -0.3 is 15.1 Å². The molecular formula is C26H28FN3O4S. The van der Waals surface area contributed by atoms with Gasteiger partial charge in [0.15, 0.2) is 6.04 Å². The monoisotopic (exact) mass is 497 g/mol. The molecule has 4 rings (SSSR count). The van der Waals surface area contributed by atoms with Crippen LogP contribution >= 0.6 is 11.3 Å². The maximum atomic E-state index is 14.2. The predicted molar refractivity (Wildman–Crippen MR) is 132 cm³/mol. The van der Waals surface area contributed by atoms with Gasteiger partial charge in [-0.25, -0.2) is 4.39 Å². The fraction of sp³-hybridized carbons (Fsp3) is 0.346. The van der Waals surface area contributed by atoms with Crippen LogP contribution in [-0.2, 0) is 9.59 Å². The van der Waals surface area contributed by atoms with Gasteiger partial charge in [0, 0.05) is 11.7 Å². The molecule has 3 amide bonds. The van der Waals surface area contributed by atoms with Crippen molar-refractivity contribution < 1.29 is 23.2 Å². The summed E-state index contributed by atoms with van der Waals surface area (Å²) < 4.78 is 20.0. The summed E-state index contributed by atoms with van der Waals surface area (Å²) in [7, 11) is 0. The summed E-state index contributed by atoms with van der Waals surface area (Å²) in [5.74, 6) is -1.09. The Balaban J connectivity index is 1.65. The number of furan rings is 1. The third-order valence-corrected chi connectivity index (χ3v) is 6.86. The molecule has 2 aromatic heterocycles. The van der Waals surface area contributed by atoms with E-state index in [1.165, 1.54) is 34.4 Å². The van der Waals surface area contributed by atoms with Gasteiger partial charge >= 0.3 is 0 Å². The van der Waals surface area contributed by atoms with Crippen molar-refractivity contribution in [2.45, 2.75) is 51.1 Å². The molecule has 3 aromatic rings. The van der Waals surface area contributed by atoms with Gasteiger partial charge in [0.25, 0.3) is 11.8 Å². The van der Waals surface area contributed by atoms with Gasteiger partial charge in [-0.3, -0.25) is 19.3 Å². The van der Waals surface area contributed by atoms with Crippen LogP contribution in [0.1, 0.15) is 59.3 Å². The van der Waals surface area contributed by atoms with E-state index in [-0.39, 0.29) is 24.0 Å². The van der Waals surface area contributed by atoms with Gasteiger partial charge in [0.05, 0.1) is 11.4 Å². The average molecular weight is 498 g/mol. The fourth-order valence-electron chi connectivity index (χ4n) is 4.30. The van der Waals surface area contributed by atoms with Crippen molar-refractivity contribution in [3.63, 3.8) is 0 Å². The van der Waals surface area contributed by atoms with Gasteiger partial charge in [-0.2, -0.15) is 0 Å². The molecule has 1 aromatic carbocycles. The van der Waals surface area contributed by atoms with Crippen molar-refractivity contribution in [2.75, 3.05) is 11.4 Å². The van der Waals surface area contributed by atoms with Crippen LogP contribution in [0.3, 0.4) is 0 Å². The van der Waals surface area contributed by atoms with Crippen LogP contribution in [0.25, 0.3) is 0 Å². The van der Waals surface area contributed by atoms with Gasteiger partial charge in [0.1, 0.15) is 17.3 Å². The average Bonchev–Trinajstić information content (AvgIpc) is 3.53. The zero-order valence-corrected chi connectivity index (χ0v) is 20.3. The second-order valence-electron chi connectivity index (χ2n) is 8.60. The summed E-state index contributed by atoms with van der Waals surface area (Å²) in [5.41, 5.74) is 0.193. The Hall–Kier alpha value is -3.46. The summed E-state index contributed by atoms with van der Waals surface area (Å²) in [5, 5.41) is 7.43. The van der Waals surface area contributed by atoms with E-state index in [1.807, 2.05) is 0 Å². The lowest BCUT2D eigenvalue weighted by Crippen LogP contribution is -2.49. The molecule has 9 heteroatoms. The number of hydrogen-bond donors (Lipinski definition) is 2. The van der Waals surface area contributed by atoms with E-state index in [0.717, 1.165) is 32.1 Å². The molecule has 1 saturated carbocycles. The lowest BCUT2D eigenvalue weighted by Gasteiger charge is -2.32. The number of halogens is 1. The maximum absolute atomic E-state index is 14.2. The first-order valence-electron chi connectivity index (χ1n) is 11.7. The standard InChI is InChI=1S/C26H28FN3O4S/c1-17-12-13-21(34-17)24(26(33)29-19-8-3-2-4-9-19)30(20-10-5-7-18(27)15-20)23(31)16-28-25(32)22-11-6-14-35-22/h5-7,10-15,19,24H,2-4,8-9,16H2,1H3,(H,28,32)(H,29,33). The first kappa shape index (κ1) is 24.7. The van der Waals surface area contributed by atoms with Gasteiger partial charge in [-0.15, -0.1) is 11.3 Å². The summed E-state index contributed by atoms with van der Waals surface area (Å²) in [6, 6.07) is 11.1. The van der Waals surface area contributed by atoms with E-state index >= 15 is 0 Å². The lowest BCUT2D eigenvalue weighted by molar-refractivity contribution is -0.127. The highest BCUT2D eigenvalue weighted by Crippen LogP contribution is 2.30. The number of rotatable bonds is 8. The molecule has 184 valence electrons. The Morgan fingerprint density at radius 1 is 1.11 bits per heavy atom. The molecule has 1 unspecified atom stereocenters. The molecule has 1 aliphatic rings. The van der Waals surface area contributed by atoms with Crippen molar-refractivity contribution in [3.8, 4) is 0 Å². The van der Waals surface area contributed by atoms with Crippen LogP contribution in [0.15, 0.2) is 58.3 Å². The molecular weight excluding hydrogens is 469 g/mol. The first-order valence-corrected chi connectivity index (χ1v) is 12.6. The van der Waals surface area contributed by atoms with Crippen LogP contribution in [0.5, 0.6) is 0 Å². The number of aryl methyl sites for hydroxylation is 1. The van der Waals surface area contributed by atoms with Crippen LogP contribution in [0.2, 0.25) is 0 Å². The van der Waals surface area contributed by atoms with E-state index < -0.39 is 29.6 Å². The normalized spacial score (nSPS) is 14.8. The third kappa shape index (κ3) is 6.16. The first-order chi connectivity index (χ1) is 16.9. The quantitative estimate of drug-likeness (QED) is 0.470. The largest absolute Gasteiger partial charge is 0.464 e. The highest BCUT2D eigenvalue weighted by molar-refractivity contribution is 7.12. The Morgan fingerprint density at radius 2 is 1.91 bits per heavy atom. The summed E-state index contributed by atoms with van der Waals surface area (Å²) in [6.07, 6.45) is 4.90. The number of nitrogens with one attached hydrogen (secondary N) is 2. The van der Waals surface area contributed by atoms with Crippen LogP contribution < -0.4 is 15.5 Å². The van der Waals surface area contributed by atoms with Crippen molar-refractivity contribution in [1.82, 2.24) is 10.6 Å². The van der Waals surface area contributed by atoms with E-state index in [2.05, 4.69) is 10.6 Å². The number of nitrogens with zero attached hydrogens (tertiary/aromatic N) is 1. The number of carbonyl (C=O) groups is 3. The van der Waals surface area contributed by atoms with Crippen molar-refractivity contribution in [3.05, 3.63) is 76.1 Å². The fourth-order valence-corrected chi connectivity index (χ4v) is 4.94. The van der Waals surface area contributed by atoms with E-state index in [4.69, 9.17) is 4.42 Å². The molecule has 1 fully saturated rings. The third-order valence-electron chi connectivity index (χ3n) is 5.99. The van der Waals surface area contributed by atoms with Crippen LogP contribution in [0.4, 0.5) is 10.1 Å². The summed E-state index contributed by atoms with van der Waals surface area (Å²) in [6.45, 7) is 1.37. The minimum Gasteiger partial charge on any atom is -0.464 e. The highest BCUT2D eigenvalue weighted by Gasteiger charge is 2.36. The second-order valence-corrected chi connectivity index (χ2v) is 9.55. The molecule has 0 spiro atoms. The van der Waals surface area contributed by atoms with Crippen molar-refractivity contribution in [1.29, 1.82) is 0 Å². The SMILES string of the molecule is Cc1ccc(C(C(=O)NC2CCCCC2)N(C(=O)CNC(=O)c2cccs2)c2cccc(F)c2)o1. The molecule has 7 nitrogen and oxygen atoms in total. The minimum atomic E-state index is -1.17. The Labute approximate surface area is 207 Å². The molecule has 2 heterocycles. The zero-order valence-electron chi connectivity index (χ0n) is 19.5. The second kappa shape index (κ2) is 11.3. The van der Waals surface area contributed by atoms with Crippen LogP contribution in [-0.4, -0.2) is 30.3 Å². The molecule has 0 radical (unpaired) electrons.